The highest BCUT2D eigenvalue weighted by atomic mass is 79.9. The number of nitrogens with zero attached hydrogens (tertiary/aromatic N) is 1. The first-order chi connectivity index (χ1) is 8.24. The van der Waals surface area contributed by atoms with Gasteiger partial charge in [-0.1, -0.05) is 19.3 Å². The highest BCUT2D eigenvalue weighted by Gasteiger charge is 2.30. The number of rotatable bonds is 4. The van der Waals surface area contributed by atoms with E-state index < -0.39 is 0 Å². The lowest BCUT2D eigenvalue weighted by Gasteiger charge is -2.36. The number of halogens is 1. The van der Waals surface area contributed by atoms with Crippen molar-refractivity contribution in [3.05, 3.63) is 22.9 Å². The molecule has 1 aromatic heterocycles. The van der Waals surface area contributed by atoms with Crippen molar-refractivity contribution in [3.63, 3.8) is 0 Å². The van der Waals surface area contributed by atoms with Gasteiger partial charge in [0.25, 0.3) is 0 Å². The Morgan fingerprint density at radius 3 is 2.65 bits per heavy atom. The van der Waals surface area contributed by atoms with Gasteiger partial charge in [0, 0.05) is 12.0 Å². The Kier molecular flexibility index (Phi) is 4.40. The Morgan fingerprint density at radius 1 is 1.29 bits per heavy atom. The third-order valence-corrected chi connectivity index (χ3v) is 4.11. The van der Waals surface area contributed by atoms with Crippen LogP contribution < -0.4 is 5.32 Å². The van der Waals surface area contributed by atoms with E-state index in [1.165, 1.54) is 19.3 Å². The van der Waals surface area contributed by atoms with Crippen LogP contribution in [0.25, 0.3) is 0 Å². The van der Waals surface area contributed by atoms with Crippen LogP contribution in [0, 0.1) is 5.41 Å². The van der Waals surface area contributed by atoms with Crippen LogP contribution >= 0.6 is 15.9 Å². The van der Waals surface area contributed by atoms with Crippen LogP contribution in [0.2, 0.25) is 0 Å². The molecule has 17 heavy (non-hydrogen) atoms. The van der Waals surface area contributed by atoms with Crippen molar-refractivity contribution in [2.24, 2.45) is 5.41 Å². The summed E-state index contributed by atoms with van der Waals surface area (Å²) in [4.78, 5) is 4.18. The third-order valence-electron chi connectivity index (χ3n) is 3.64. The summed E-state index contributed by atoms with van der Waals surface area (Å²) in [7, 11) is 0. The summed E-state index contributed by atoms with van der Waals surface area (Å²) in [6.45, 7) is 1.12. The summed E-state index contributed by atoms with van der Waals surface area (Å²) in [6, 6.07) is 3.93. The second-order valence-electron chi connectivity index (χ2n) is 4.94. The average molecular weight is 299 g/mol. The molecule has 94 valence electrons. The summed E-state index contributed by atoms with van der Waals surface area (Å²) in [5, 5.41) is 13.0. The summed E-state index contributed by atoms with van der Waals surface area (Å²) in [5.41, 5.74) is 1.09. The van der Waals surface area contributed by atoms with Gasteiger partial charge in [-0.15, -0.1) is 0 Å². The maximum absolute atomic E-state index is 9.60. The molecule has 1 aromatic rings. The van der Waals surface area contributed by atoms with Crippen molar-refractivity contribution in [3.8, 4) is 0 Å². The molecule has 0 amide bonds. The first kappa shape index (κ1) is 12.8. The Morgan fingerprint density at radius 2 is 2.06 bits per heavy atom. The predicted octanol–water partition coefficient (Wildman–Crippen LogP) is 3.20. The molecule has 0 aliphatic heterocycles. The number of aromatic nitrogens is 1. The average Bonchev–Trinajstić information content (AvgIpc) is 2.39. The molecule has 0 atom stereocenters. The smallest absolute Gasteiger partial charge is 0.106 e. The van der Waals surface area contributed by atoms with Crippen molar-refractivity contribution in [2.75, 3.05) is 18.5 Å². The lowest BCUT2D eigenvalue weighted by Crippen LogP contribution is -2.35. The molecule has 0 unspecified atom stereocenters. The van der Waals surface area contributed by atoms with Gasteiger partial charge in [0.05, 0.1) is 18.5 Å². The lowest BCUT2D eigenvalue weighted by atomic mass is 9.74. The minimum atomic E-state index is 0.0747. The molecule has 0 saturated heterocycles. The van der Waals surface area contributed by atoms with Crippen molar-refractivity contribution in [1.82, 2.24) is 4.98 Å². The van der Waals surface area contributed by atoms with E-state index in [-0.39, 0.29) is 12.0 Å². The molecule has 0 bridgehead atoms. The molecular weight excluding hydrogens is 280 g/mol. The van der Waals surface area contributed by atoms with E-state index >= 15 is 0 Å². The minimum Gasteiger partial charge on any atom is -0.396 e. The normalized spacial score (nSPS) is 18.9. The minimum absolute atomic E-state index is 0.0747. The molecule has 0 spiro atoms. The maximum atomic E-state index is 9.60. The quantitative estimate of drug-likeness (QED) is 0.839. The van der Waals surface area contributed by atoms with Gasteiger partial charge in [-0.25, -0.2) is 4.98 Å². The molecule has 1 fully saturated rings. The summed E-state index contributed by atoms with van der Waals surface area (Å²) in [6.07, 6.45) is 7.85. The van der Waals surface area contributed by atoms with Gasteiger partial charge in [-0.3, -0.25) is 0 Å². The number of hydrogen-bond donors (Lipinski definition) is 2. The van der Waals surface area contributed by atoms with Crippen LogP contribution in [0.5, 0.6) is 0 Å². The first-order valence-electron chi connectivity index (χ1n) is 6.20. The number of pyridine rings is 1. The molecular formula is C13H19BrN2O. The Balaban J connectivity index is 1.93. The fourth-order valence-corrected chi connectivity index (χ4v) is 2.70. The largest absolute Gasteiger partial charge is 0.396 e. The van der Waals surface area contributed by atoms with Crippen molar-refractivity contribution in [1.29, 1.82) is 0 Å². The number of hydrogen-bond acceptors (Lipinski definition) is 3. The highest BCUT2D eigenvalue weighted by Crippen LogP contribution is 2.35. The molecule has 2 N–H and O–H groups in total. The second kappa shape index (κ2) is 5.83. The molecule has 1 aliphatic rings. The molecule has 0 aromatic carbocycles. The predicted molar refractivity (Wildman–Crippen MR) is 73.0 cm³/mol. The van der Waals surface area contributed by atoms with E-state index in [9.17, 15) is 5.11 Å². The van der Waals surface area contributed by atoms with Crippen LogP contribution in [-0.4, -0.2) is 23.2 Å². The van der Waals surface area contributed by atoms with Gasteiger partial charge in [-0.05, 0) is 40.9 Å². The summed E-state index contributed by atoms with van der Waals surface area (Å²) in [5.74, 6) is 0. The van der Waals surface area contributed by atoms with Crippen molar-refractivity contribution < 1.29 is 5.11 Å². The zero-order valence-electron chi connectivity index (χ0n) is 9.95. The van der Waals surface area contributed by atoms with E-state index in [2.05, 4.69) is 26.2 Å². The van der Waals surface area contributed by atoms with Gasteiger partial charge in [0.15, 0.2) is 0 Å². The Labute approximate surface area is 111 Å². The van der Waals surface area contributed by atoms with Crippen molar-refractivity contribution in [2.45, 2.75) is 32.1 Å². The van der Waals surface area contributed by atoms with Crippen molar-refractivity contribution >= 4 is 21.6 Å². The van der Waals surface area contributed by atoms with E-state index in [1.54, 1.807) is 0 Å². The number of nitrogens with one attached hydrogen (secondary N) is 1. The topological polar surface area (TPSA) is 45.1 Å². The van der Waals surface area contributed by atoms with Crippen LogP contribution in [-0.2, 0) is 0 Å². The maximum Gasteiger partial charge on any atom is 0.106 e. The van der Waals surface area contributed by atoms with Crippen LogP contribution in [0.4, 0.5) is 5.69 Å². The monoisotopic (exact) mass is 298 g/mol. The van der Waals surface area contributed by atoms with Gasteiger partial charge in [0.1, 0.15) is 4.60 Å². The third kappa shape index (κ3) is 3.42. The van der Waals surface area contributed by atoms with E-state index in [0.717, 1.165) is 29.7 Å². The molecule has 3 nitrogen and oxygen atoms in total. The zero-order valence-corrected chi connectivity index (χ0v) is 11.5. The molecule has 2 rings (SSSR count). The SMILES string of the molecule is OCC1(CNc2ccc(Br)nc2)CCCCC1. The molecule has 1 heterocycles. The number of aliphatic hydroxyl groups is 1. The van der Waals surface area contributed by atoms with E-state index in [0.29, 0.717) is 0 Å². The fraction of sp³-hybridized carbons (Fsp3) is 0.615. The molecule has 1 aliphatic carbocycles. The van der Waals surface area contributed by atoms with Gasteiger partial charge in [0.2, 0.25) is 0 Å². The molecule has 0 radical (unpaired) electrons. The fourth-order valence-electron chi connectivity index (χ4n) is 2.46. The standard InChI is InChI=1S/C13H19BrN2O/c14-12-5-4-11(8-15-12)16-9-13(10-17)6-2-1-3-7-13/h4-5,8,16-17H,1-3,6-7,9-10H2. The second-order valence-corrected chi connectivity index (χ2v) is 5.75. The van der Waals surface area contributed by atoms with E-state index in [1.807, 2.05) is 18.3 Å². The van der Waals surface area contributed by atoms with Crippen LogP contribution in [0.3, 0.4) is 0 Å². The summed E-state index contributed by atoms with van der Waals surface area (Å²) < 4.78 is 0.845. The van der Waals surface area contributed by atoms with Gasteiger partial charge in [-0.2, -0.15) is 0 Å². The lowest BCUT2D eigenvalue weighted by molar-refractivity contribution is 0.0944. The zero-order chi connectivity index (χ0) is 12.1. The molecule has 4 heteroatoms. The van der Waals surface area contributed by atoms with E-state index in [4.69, 9.17) is 0 Å². The molecule has 1 saturated carbocycles. The number of aliphatic hydroxyl groups excluding tert-OH is 1. The van der Waals surface area contributed by atoms with Crippen LogP contribution in [0.1, 0.15) is 32.1 Å². The van der Waals surface area contributed by atoms with Gasteiger partial charge < -0.3 is 10.4 Å². The number of anilines is 1. The highest BCUT2D eigenvalue weighted by molar-refractivity contribution is 9.10. The van der Waals surface area contributed by atoms with Gasteiger partial charge >= 0.3 is 0 Å². The first-order valence-corrected chi connectivity index (χ1v) is 7.00. The van der Waals surface area contributed by atoms with Crippen LogP contribution in [0.15, 0.2) is 22.9 Å². The Hall–Kier alpha value is -0.610. The Bertz CT molecular complexity index is 347. The summed E-state index contributed by atoms with van der Waals surface area (Å²) >= 11 is 3.32.